The third-order valence-electron chi connectivity index (χ3n) is 4.11. The second-order valence-corrected chi connectivity index (χ2v) is 5.76. The van der Waals surface area contributed by atoms with Crippen LogP contribution in [0.2, 0.25) is 0 Å². The maximum absolute atomic E-state index is 12.5. The van der Waals surface area contributed by atoms with Crippen LogP contribution in [0.3, 0.4) is 0 Å². The number of amides is 1. The van der Waals surface area contributed by atoms with Gasteiger partial charge in [-0.25, -0.2) is 0 Å². The smallest absolute Gasteiger partial charge is 0.246 e. The molecule has 0 aliphatic carbocycles. The second-order valence-electron chi connectivity index (χ2n) is 5.76. The molecule has 0 aromatic carbocycles. The molecule has 0 bridgehead atoms. The minimum atomic E-state index is 0.0386. The molecule has 0 unspecified atom stereocenters. The third-order valence-corrected chi connectivity index (χ3v) is 4.11. The van der Waals surface area contributed by atoms with Crippen molar-refractivity contribution in [2.24, 2.45) is 12.0 Å². The molecular weight excluding hydrogens is 308 g/mol. The minimum Gasteiger partial charge on any atom is -0.352 e. The van der Waals surface area contributed by atoms with Crippen LogP contribution in [0.5, 0.6) is 0 Å². The molecule has 0 spiro atoms. The highest BCUT2D eigenvalue weighted by Crippen LogP contribution is 2.16. The van der Waals surface area contributed by atoms with E-state index in [1.807, 2.05) is 25.1 Å². The van der Waals surface area contributed by atoms with Gasteiger partial charge in [-0.1, -0.05) is 0 Å². The van der Waals surface area contributed by atoms with E-state index in [1.54, 1.807) is 29.0 Å². The lowest BCUT2D eigenvalue weighted by Gasteiger charge is -2.35. The molecule has 24 heavy (non-hydrogen) atoms. The highest BCUT2D eigenvalue weighted by molar-refractivity contribution is 5.98. The summed E-state index contributed by atoms with van der Waals surface area (Å²) < 4.78 is 1.70. The summed E-state index contributed by atoms with van der Waals surface area (Å²) in [5.41, 5.74) is 2.94. The first-order valence-corrected chi connectivity index (χ1v) is 7.82. The number of hydrogen-bond acceptors (Lipinski definition) is 4. The number of nitrogens with zero attached hydrogens (tertiary/aromatic N) is 6. The number of piperazine rings is 1. The zero-order valence-corrected chi connectivity index (χ0v) is 14.2. The van der Waals surface area contributed by atoms with Gasteiger partial charge in [0.1, 0.15) is 6.54 Å². The lowest BCUT2D eigenvalue weighted by atomic mass is 10.2. The first-order valence-electron chi connectivity index (χ1n) is 7.82. The van der Waals surface area contributed by atoms with E-state index in [0.717, 1.165) is 22.9 Å². The molecule has 2 aromatic heterocycles. The Bertz CT molecular complexity index is 746. The molecule has 1 saturated heterocycles. The molecule has 0 saturated carbocycles. The summed E-state index contributed by atoms with van der Waals surface area (Å²) in [6.07, 6.45) is 5.35. The normalized spacial score (nSPS) is 16.0. The van der Waals surface area contributed by atoms with Gasteiger partial charge in [0.15, 0.2) is 5.96 Å². The van der Waals surface area contributed by atoms with Gasteiger partial charge in [-0.15, -0.1) is 0 Å². The Morgan fingerprint density at radius 1 is 1.42 bits per heavy atom. The zero-order chi connectivity index (χ0) is 17.1. The summed E-state index contributed by atoms with van der Waals surface area (Å²) in [6.45, 7) is 4.20. The van der Waals surface area contributed by atoms with E-state index in [9.17, 15) is 4.79 Å². The van der Waals surface area contributed by atoms with Crippen LogP contribution >= 0.6 is 0 Å². The van der Waals surface area contributed by atoms with Crippen LogP contribution < -0.4 is 10.2 Å². The van der Waals surface area contributed by atoms with Gasteiger partial charge in [0.05, 0.1) is 18.1 Å². The molecule has 1 fully saturated rings. The van der Waals surface area contributed by atoms with Gasteiger partial charge in [-0.2, -0.15) is 10.2 Å². The molecule has 3 heterocycles. The van der Waals surface area contributed by atoms with E-state index >= 15 is 0 Å². The van der Waals surface area contributed by atoms with Crippen LogP contribution in [0.4, 0.5) is 5.69 Å². The van der Waals surface area contributed by atoms with Crippen molar-refractivity contribution < 1.29 is 4.79 Å². The maximum Gasteiger partial charge on any atom is 0.246 e. The van der Waals surface area contributed by atoms with Crippen molar-refractivity contribution in [2.45, 2.75) is 13.5 Å². The molecule has 128 valence electrons. The molecule has 9 heteroatoms. The summed E-state index contributed by atoms with van der Waals surface area (Å²) in [5, 5.41) is 14.3. The van der Waals surface area contributed by atoms with E-state index in [0.29, 0.717) is 26.2 Å². The lowest BCUT2D eigenvalue weighted by molar-refractivity contribution is -0.120. The van der Waals surface area contributed by atoms with Crippen molar-refractivity contribution in [2.75, 3.05) is 31.6 Å². The van der Waals surface area contributed by atoms with Crippen LogP contribution in [0.25, 0.3) is 0 Å². The van der Waals surface area contributed by atoms with Gasteiger partial charge < -0.3 is 15.1 Å². The number of H-pyrrole nitrogens is 1. The van der Waals surface area contributed by atoms with Crippen molar-refractivity contribution in [3.8, 4) is 0 Å². The van der Waals surface area contributed by atoms with Gasteiger partial charge in [0, 0.05) is 51.2 Å². The summed E-state index contributed by atoms with van der Waals surface area (Å²) in [4.78, 5) is 20.5. The number of anilines is 1. The molecule has 0 radical (unpaired) electrons. The summed E-state index contributed by atoms with van der Waals surface area (Å²) in [6, 6.07) is 0. The number of aliphatic imine (C=N–C) groups is 1. The largest absolute Gasteiger partial charge is 0.352 e. The van der Waals surface area contributed by atoms with Gasteiger partial charge in [-0.05, 0) is 6.92 Å². The number of hydrogen-bond donors (Lipinski definition) is 2. The Hall–Kier alpha value is -2.84. The Kier molecular flexibility index (Phi) is 4.50. The van der Waals surface area contributed by atoms with E-state index in [2.05, 4.69) is 25.6 Å². The third kappa shape index (κ3) is 3.24. The second kappa shape index (κ2) is 6.73. The highest BCUT2D eigenvalue weighted by Gasteiger charge is 2.27. The van der Waals surface area contributed by atoms with Crippen LogP contribution in [-0.2, 0) is 18.4 Å². The van der Waals surface area contributed by atoms with Gasteiger partial charge in [0.2, 0.25) is 5.91 Å². The molecule has 3 rings (SSSR count). The first kappa shape index (κ1) is 16.0. The predicted octanol–water partition coefficient (Wildman–Crippen LogP) is -0.124. The average molecular weight is 330 g/mol. The topological polar surface area (TPSA) is 94.4 Å². The van der Waals surface area contributed by atoms with Crippen molar-refractivity contribution >= 4 is 17.6 Å². The molecule has 1 amide bonds. The Morgan fingerprint density at radius 2 is 2.25 bits per heavy atom. The lowest BCUT2D eigenvalue weighted by Crippen LogP contribution is -2.55. The molecule has 2 aromatic rings. The van der Waals surface area contributed by atoms with E-state index in [4.69, 9.17) is 0 Å². The van der Waals surface area contributed by atoms with E-state index < -0.39 is 0 Å². The van der Waals surface area contributed by atoms with E-state index in [1.165, 1.54) is 0 Å². The van der Waals surface area contributed by atoms with Crippen LogP contribution in [0, 0.1) is 6.92 Å². The van der Waals surface area contributed by atoms with Crippen molar-refractivity contribution in [3.63, 3.8) is 0 Å². The van der Waals surface area contributed by atoms with Crippen LogP contribution in [0.15, 0.2) is 23.6 Å². The standard InChI is InChI=1S/C15H22N8O/c1-11-12(7-18-20-11)6-17-15(16-2)22-4-5-23(14(24)10-22)13-8-19-21(3)9-13/h7-9H,4-6,10H2,1-3H3,(H,16,17)(H,18,20). The fraction of sp³-hybridized carbons (Fsp3) is 0.467. The number of guanidine groups is 1. The number of aromatic amines is 1. The Labute approximate surface area is 140 Å². The predicted molar refractivity (Wildman–Crippen MR) is 90.7 cm³/mol. The molecule has 2 N–H and O–H groups in total. The number of carbonyl (C=O) groups is 1. The molecule has 1 aliphatic heterocycles. The summed E-state index contributed by atoms with van der Waals surface area (Å²) in [5.74, 6) is 0.756. The Morgan fingerprint density at radius 3 is 2.83 bits per heavy atom. The summed E-state index contributed by atoms with van der Waals surface area (Å²) in [7, 11) is 3.57. The fourth-order valence-corrected chi connectivity index (χ4v) is 2.74. The highest BCUT2D eigenvalue weighted by atomic mass is 16.2. The fourth-order valence-electron chi connectivity index (χ4n) is 2.74. The summed E-state index contributed by atoms with van der Waals surface area (Å²) >= 11 is 0. The van der Waals surface area contributed by atoms with Crippen molar-refractivity contribution in [1.29, 1.82) is 0 Å². The molecule has 0 atom stereocenters. The first-order chi connectivity index (χ1) is 11.6. The monoisotopic (exact) mass is 330 g/mol. The molecular formula is C15H22N8O. The maximum atomic E-state index is 12.5. The van der Waals surface area contributed by atoms with Crippen molar-refractivity contribution in [3.05, 3.63) is 29.8 Å². The van der Waals surface area contributed by atoms with Crippen LogP contribution in [-0.4, -0.2) is 63.4 Å². The van der Waals surface area contributed by atoms with Gasteiger partial charge in [0.25, 0.3) is 0 Å². The van der Waals surface area contributed by atoms with Crippen LogP contribution in [0.1, 0.15) is 11.3 Å². The number of nitrogens with one attached hydrogen (secondary N) is 2. The number of carbonyl (C=O) groups excluding carboxylic acids is 1. The van der Waals surface area contributed by atoms with Gasteiger partial charge in [-0.3, -0.25) is 19.6 Å². The minimum absolute atomic E-state index is 0.0386. The zero-order valence-electron chi connectivity index (χ0n) is 14.2. The SMILES string of the molecule is CN=C(NCc1cn[nH]c1C)N1CCN(c2cnn(C)c2)C(=O)C1. The number of aromatic nitrogens is 4. The average Bonchev–Trinajstić information content (AvgIpc) is 3.17. The number of rotatable bonds is 3. The van der Waals surface area contributed by atoms with Gasteiger partial charge >= 0.3 is 0 Å². The molecule has 1 aliphatic rings. The quantitative estimate of drug-likeness (QED) is 0.604. The van der Waals surface area contributed by atoms with E-state index in [-0.39, 0.29) is 5.91 Å². The molecule has 9 nitrogen and oxygen atoms in total. The Balaban J connectivity index is 1.61. The number of aryl methyl sites for hydroxylation is 2. The van der Waals surface area contributed by atoms with Crippen molar-refractivity contribution in [1.82, 2.24) is 30.2 Å².